The number of rotatable bonds is 8. The van der Waals surface area contributed by atoms with E-state index in [0.29, 0.717) is 18.0 Å². The Balaban J connectivity index is 2.10. The van der Waals surface area contributed by atoms with Crippen molar-refractivity contribution in [1.82, 2.24) is 5.32 Å². The van der Waals surface area contributed by atoms with E-state index in [1.807, 2.05) is 24.3 Å². The van der Waals surface area contributed by atoms with Crippen molar-refractivity contribution in [2.45, 2.75) is 19.4 Å². The van der Waals surface area contributed by atoms with Crippen molar-refractivity contribution in [2.24, 2.45) is 0 Å². The van der Waals surface area contributed by atoms with Crippen LogP contribution in [0.15, 0.2) is 42.5 Å². The highest BCUT2D eigenvalue weighted by Crippen LogP contribution is 2.32. The molecule has 1 N–H and O–H groups in total. The third-order valence-electron chi connectivity index (χ3n) is 4.11. The summed E-state index contributed by atoms with van der Waals surface area (Å²) in [5.74, 6) is 0.318. The quantitative estimate of drug-likeness (QED) is 0.675. The Morgan fingerprint density at radius 2 is 1.82 bits per heavy atom. The maximum absolute atomic E-state index is 12.6. The number of benzene rings is 2. The van der Waals surface area contributed by atoms with Crippen LogP contribution >= 0.6 is 23.2 Å². The molecule has 0 saturated heterocycles. The van der Waals surface area contributed by atoms with Gasteiger partial charge in [-0.25, -0.2) is 8.42 Å². The number of hydrogen-bond donors (Lipinski definition) is 1. The molecule has 0 bridgehead atoms. The molecule has 2 aromatic carbocycles. The lowest BCUT2D eigenvalue weighted by atomic mass is 10.1. The highest BCUT2D eigenvalue weighted by Gasteiger charge is 2.30. The normalized spacial score (nSPS) is 12.3. The highest BCUT2D eigenvalue weighted by molar-refractivity contribution is 7.92. The zero-order valence-corrected chi connectivity index (χ0v) is 18.1. The van der Waals surface area contributed by atoms with Gasteiger partial charge < -0.3 is 10.1 Å². The van der Waals surface area contributed by atoms with Gasteiger partial charge in [0, 0.05) is 11.6 Å². The van der Waals surface area contributed by atoms with Crippen molar-refractivity contribution >= 4 is 44.8 Å². The minimum atomic E-state index is -3.77. The van der Waals surface area contributed by atoms with Gasteiger partial charge in [-0.15, -0.1) is 0 Å². The molecule has 1 amide bonds. The molecule has 2 rings (SSSR count). The van der Waals surface area contributed by atoms with Crippen LogP contribution in [-0.4, -0.2) is 40.3 Å². The van der Waals surface area contributed by atoms with Gasteiger partial charge >= 0.3 is 0 Å². The van der Waals surface area contributed by atoms with Crippen molar-refractivity contribution in [3.8, 4) is 5.75 Å². The van der Waals surface area contributed by atoms with E-state index in [0.717, 1.165) is 21.9 Å². The second kappa shape index (κ2) is 9.49. The standard InChI is InChI=1S/C19H22Cl2N2O4S/c1-13(19(24)22-11-10-14-4-7-16(27-2)8-5-14)23(28(3,25)26)18-12-15(20)6-9-17(18)21/h4-9,12-13H,10-11H2,1-3H3,(H,22,24). The Morgan fingerprint density at radius 3 is 2.39 bits per heavy atom. The third-order valence-corrected chi connectivity index (χ3v) is 5.89. The van der Waals surface area contributed by atoms with E-state index in [1.165, 1.54) is 19.1 Å². The predicted octanol–water partition coefficient (Wildman–Crippen LogP) is 3.52. The molecule has 9 heteroatoms. The number of carbonyl (C=O) groups excluding carboxylic acids is 1. The molecule has 0 spiro atoms. The van der Waals surface area contributed by atoms with Crippen LogP contribution in [0.1, 0.15) is 12.5 Å². The highest BCUT2D eigenvalue weighted by atomic mass is 35.5. The number of halogens is 2. The number of nitrogens with zero attached hydrogens (tertiary/aromatic N) is 1. The fraction of sp³-hybridized carbons (Fsp3) is 0.316. The van der Waals surface area contributed by atoms with Crippen LogP contribution in [0.4, 0.5) is 5.69 Å². The molecule has 28 heavy (non-hydrogen) atoms. The number of sulfonamides is 1. The Bertz CT molecular complexity index is 933. The van der Waals surface area contributed by atoms with Gasteiger partial charge in [0.05, 0.1) is 24.1 Å². The second-order valence-electron chi connectivity index (χ2n) is 6.22. The summed E-state index contributed by atoms with van der Waals surface area (Å²) in [6.07, 6.45) is 1.62. The number of nitrogens with one attached hydrogen (secondary N) is 1. The molecular weight excluding hydrogens is 423 g/mol. The molecule has 152 valence electrons. The van der Waals surface area contributed by atoms with E-state index in [-0.39, 0.29) is 10.7 Å². The van der Waals surface area contributed by atoms with Gasteiger partial charge in [0.1, 0.15) is 11.8 Å². The van der Waals surface area contributed by atoms with E-state index < -0.39 is 22.0 Å². The van der Waals surface area contributed by atoms with Gasteiger partial charge in [0.25, 0.3) is 0 Å². The molecule has 0 fully saturated rings. The van der Waals surface area contributed by atoms with Gasteiger partial charge in [-0.05, 0) is 49.2 Å². The van der Waals surface area contributed by atoms with Crippen molar-refractivity contribution in [3.05, 3.63) is 58.1 Å². The molecule has 0 aliphatic heterocycles. The first-order valence-corrected chi connectivity index (χ1v) is 11.1. The summed E-state index contributed by atoms with van der Waals surface area (Å²) in [4.78, 5) is 12.6. The van der Waals surface area contributed by atoms with Crippen LogP contribution in [0.3, 0.4) is 0 Å². The lowest BCUT2D eigenvalue weighted by Gasteiger charge is -2.29. The lowest BCUT2D eigenvalue weighted by Crippen LogP contribution is -2.48. The molecule has 0 radical (unpaired) electrons. The summed E-state index contributed by atoms with van der Waals surface area (Å²) >= 11 is 12.1. The zero-order valence-electron chi connectivity index (χ0n) is 15.8. The zero-order chi connectivity index (χ0) is 20.9. The average molecular weight is 445 g/mol. The maximum atomic E-state index is 12.6. The molecular formula is C19H22Cl2N2O4S. The van der Waals surface area contributed by atoms with E-state index in [4.69, 9.17) is 27.9 Å². The van der Waals surface area contributed by atoms with Crippen LogP contribution < -0.4 is 14.4 Å². The molecule has 0 aliphatic rings. The van der Waals surface area contributed by atoms with Crippen LogP contribution in [0.5, 0.6) is 5.75 Å². The molecule has 1 unspecified atom stereocenters. The minimum Gasteiger partial charge on any atom is -0.497 e. The summed E-state index contributed by atoms with van der Waals surface area (Å²) in [7, 11) is -2.18. The molecule has 0 heterocycles. The topological polar surface area (TPSA) is 75.7 Å². The molecule has 0 saturated carbocycles. The van der Waals surface area contributed by atoms with Crippen LogP contribution in [-0.2, 0) is 21.2 Å². The summed E-state index contributed by atoms with van der Waals surface area (Å²) < 4.78 is 30.7. The number of ether oxygens (including phenoxy) is 1. The number of anilines is 1. The predicted molar refractivity (Wildman–Crippen MR) is 113 cm³/mol. The Labute approximate surface area is 175 Å². The van der Waals surface area contributed by atoms with Crippen molar-refractivity contribution in [2.75, 3.05) is 24.2 Å². The van der Waals surface area contributed by atoms with Crippen molar-refractivity contribution in [3.63, 3.8) is 0 Å². The van der Waals surface area contributed by atoms with Crippen LogP contribution in [0, 0.1) is 0 Å². The first kappa shape index (κ1) is 22.3. The minimum absolute atomic E-state index is 0.162. The lowest BCUT2D eigenvalue weighted by molar-refractivity contribution is -0.121. The maximum Gasteiger partial charge on any atom is 0.243 e. The Hall–Kier alpha value is -1.96. The van der Waals surface area contributed by atoms with E-state index in [1.54, 1.807) is 13.2 Å². The molecule has 1 atom stereocenters. The molecule has 0 aromatic heterocycles. The van der Waals surface area contributed by atoms with Gasteiger partial charge in [0.15, 0.2) is 0 Å². The van der Waals surface area contributed by atoms with Crippen molar-refractivity contribution < 1.29 is 17.9 Å². The molecule has 2 aromatic rings. The van der Waals surface area contributed by atoms with E-state index in [9.17, 15) is 13.2 Å². The SMILES string of the molecule is COc1ccc(CCNC(=O)C(C)N(c2cc(Cl)ccc2Cl)S(C)(=O)=O)cc1. The smallest absolute Gasteiger partial charge is 0.243 e. The first-order valence-electron chi connectivity index (χ1n) is 8.48. The number of carbonyl (C=O) groups is 1. The summed E-state index contributed by atoms with van der Waals surface area (Å²) in [5, 5.41) is 3.27. The number of amides is 1. The van der Waals surface area contributed by atoms with Crippen LogP contribution in [0.25, 0.3) is 0 Å². The molecule has 6 nitrogen and oxygen atoms in total. The van der Waals surface area contributed by atoms with Gasteiger partial charge in [0.2, 0.25) is 15.9 Å². The molecule has 0 aliphatic carbocycles. The van der Waals surface area contributed by atoms with Crippen molar-refractivity contribution in [1.29, 1.82) is 0 Å². The first-order chi connectivity index (χ1) is 13.1. The van der Waals surface area contributed by atoms with Gasteiger partial charge in [-0.3, -0.25) is 9.10 Å². The summed E-state index contributed by atoms with van der Waals surface area (Å²) in [6, 6.07) is 11.0. The third kappa shape index (κ3) is 5.77. The average Bonchev–Trinajstić information content (AvgIpc) is 2.64. The van der Waals surface area contributed by atoms with Gasteiger partial charge in [-0.1, -0.05) is 35.3 Å². The number of hydrogen-bond acceptors (Lipinski definition) is 4. The second-order valence-corrected chi connectivity index (χ2v) is 8.92. The van der Waals surface area contributed by atoms with Gasteiger partial charge in [-0.2, -0.15) is 0 Å². The fourth-order valence-electron chi connectivity index (χ4n) is 2.71. The largest absolute Gasteiger partial charge is 0.497 e. The van der Waals surface area contributed by atoms with E-state index >= 15 is 0 Å². The Morgan fingerprint density at radius 1 is 1.18 bits per heavy atom. The summed E-state index contributed by atoms with van der Waals surface area (Å²) in [6.45, 7) is 1.86. The monoisotopic (exact) mass is 444 g/mol. The fourth-order valence-corrected chi connectivity index (χ4v) is 4.31. The summed E-state index contributed by atoms with van der Waals surface area (Å²) in [5.41, 5.74) is 1.18. The number of methoxy groups -OCH3 is 1. The van der Waals surface area contributed by atoms with E-state index in [2.05, 4.69) is 5.32 Å². The Kier molecular flexibility index (Phi) is 7.57. The van der Waals surface area contributed by atoms with Crippen LogP contribution in [0.2, 0.25) is 10.0 Å².